The summed E-state index contributed by atoms with van der Waals surface area (Å²) in [5, 5.41) is 5.87. The van der Waals surface area contributed by atoms with Crippen LogP contribution in [0.1, 0.15) is 18.4 Å². The second-order valence-electron chi connectivity index (χ2n) is 4.90. The number of hydrogen-bond acceptors (Lipinski definition) is 3. The van der Waals surface area contributed by atoms with E-state index in [1.807, 2.05) is 0 Å². The first-order valence-electron chi connectivity index (χ1n) is 6.52. The highest BCUT2D eigenvalue weighted by Crippen LogP contribution is 2.22. The summed E-state index contributed by atoms with van der Waals surface area (Å²) in [6.45, 7) is 2.71. The maximum Gasteiger partial charge on any atom is 0.227 e. The zero-order valence-corrected chi connectivity index (χ0v) is 11.5. The summed E-state index contributed by atoms with van der Waals surface area (Å²) in [6, 6.07) is 3.39. The highest BCUT2D eigenvalue weighted by Gasteiger charge is 2.31. The lowest BCUT2D eigenvalue weighted by atomic mass is 9.98. The van der Waals surface area contributed by atoms with E-state index in [9.17, 15) is 13.6 Å². The van der Waals surface area contributed by atoms with Crippen molar-refractivity contribution in [1.82, 2.24) is 10.6 Å². The molecule has 110 valence electrons. The van der Waals surface area contributed by atoms with Gasteiger partial charge in [0.25, 0.3) is 0 Å². The van der Waals surface area contributed by atoms with Gasteiger partial charge in [-0.15, -0.1) is 0 Å². The Bertz CT molecular complexity index is 476. The van der Waals surface area contributed by atoms with Crippen molar-refractivity contribution in [2.45, 2.75) is 25.0 Å². The zero-order valence-electron chi connectivity index (χ0n) is 11.5. The van der Waals surface area contributed by atoms with Gasteiger partial charge in [-0.05, 0) is 19.1 Å². The van der Waals surface area contributed by atoms with Crippen LogP contribution >= 0.6 is 0 Å². The first kappa shape index (κ1) is 14.9. The molecule has 0 aliphatic carbocycles. The van der Waals surface area contributed by atoms with Gasteiger partial charge in [0.15, 0.2) is 0 Å². The number of amides is 1. The number of rotatable bonds is 4. The summed E-state index contributed by atoms with van der Waals surface area (Å²) in [5.41, 5.74) is -0.204. The molecule has 0 saturated carbocycles. The summed E-state index contributed by atoms with van der Waals surface area (Å²) in [7, 11) is 1.57. The molecule has 2 rings (SSSR count). The third-order valence-corrected chi connectivity index (χ3v) is 3.61. The van der Waals surface area contributed by atoms with Crippen LogP contribution in [0.25, 0.3) is 0 Å². The van der Waals surface area contributed by atoms with Gasteiger partial charge in [0.2, 0.25) is 5.91 Å². The van der Waals surface area contributed by atoms with Gasteiger partial charge in [-0.2, -0.15) is 0 Å². The lowest BCUT2D eigenvalue weighted by Crippen LogP contribution is -2.45. The van der Waals surface area contributed by atoms with Crippen LogP contribution in [-0.2, 0) is 9.53 Å². The van der Waals surface area contributed by atoms with E-state index >= 15 is 0 Å². The van der Waals surface area contributed by atoms with E-state index in [0.717, 1.165) is 12.1 Å². The minimum atomic E-state index is -0.894. The van der Waals surface area contributed by atoms with Crippen molar-refractivity contribution in [2.75, 3.05) is 20.2 Å². The van der Waals surface area contributed by atoms with Crippen LogP contribution in [0, 0.1) is 11.6 Å². The number of carbonyl (C=O) groups excluding carboxylic acids is 1. The van der Waals surface area contributed by atoms with Crippen molar-refractivity contribution in [3.05, 3.63) is 35.4 Å². The van der Waals surface area contributed by atoms with Crippen LogP contribution in [-0.4, -0.2) is 38.3 Å². The number of halogens is 2. The summed E-state index contributed by atoms with van der Waals surface area (Å²) >= 11 is 0. The molecule has 1 fully saturated rings. The SMILES string of the molecule is CO[C@H]1CNC[C@H]1NC(=O)[C@@H](C)c1c(F)cccc1F. The van der Waals surface area contributed by atoms with Gasteiger partial charge < -0.3 is 15.4 Å². The van der Waals surface area contributed by atoms with E-state index < -0.39 is 23.5 Å². The molecule has 20 heavy (non-hydrogen) atoms. The van der Waals surface area contributed by atoms with E-state index in [0.29, 0.717) is 13.1 Å². The molecule has 0 aromatic heterocycles. The Morgan fingerprint density at radius 3 is 2.65 bits per heavy atom. The van der Waals surface area contributed by atoms with E-state index in [1.54, 1.807) is 7.11 Å². The summed E-state index contributed by atoms with van der Waals surface area (Å²) in [6.07, 6.45) is -0.128. The summed E-state index contributed by atoms with van der Waals surface area (Å²) < 4.78 is 32.6. The average molecular weight is 284 g/mol. The number of carbonyl (C=O) groups is 1. The second-order valence-corrected chi connectivity index (χ2v) is 4.90. The molecule has 1 amide bonds. The maximum absolute atomic E-state index is 13.7. The Balaban J connectivity index is 2.09. The number of benzene rings is 1. The third kappa shape index (κ3) is 2.96. The number of methoxy groups -OCH3 is 1. The predicted molar refractivity (Wildman–Crippen MR) is 70.4 cm³/mol. The molecule has 1 aromatic rings. The van der Waals surface area contributed by atoms with E-state index in [4.69, 9.17) is 4.74 Å². The van der Waals surface area contributed by atoms with Crippen LogP contribution in [0.4, 0.5) is 8.78 Å². The Hall–Kier alpha value is -1.53. The zero-order chi connectivity index (χ0) is 14.7. The first-order valence-corrected chi connectivity index (χ1v) is 6.52. The second kappa shape index (κ2) is 6.28. The predicted octanol–water partition coefficient (Wildman–Crippen LogP) is 1.17. The molecular weight excluding hydrogens is 266 g/mol. The molecule has 1 heterocycles. The van der Waals surface area contributed by atoms with Gasteiger partial charge in [-0.1, -0.05) is 6.07 Å². The summed E-state index contributed by atoms with van der Waals surface area (Å²) in [5.74, 6) is -2.72. The maximum atomic E-state index is 13.7. The van der Waals surface area contributed by atoms with Gasteiger partial charge in [-0.3, -0.25) is 4.79 Å². The molecule has 2 N–H and O–H groups in total. The molecule has 0 spiro atoms. The van der Waals surface area contributed by atoms with Gasteiger partial charge in [0.05, 0.1) is 18.1 Å². The van der Waals surface area contributed by atoms with Gasteiger partial charge >= 0.3 is 0 Å². The van der Waals surface area contributed by atoms with Crippen LogP contribution in [0.15, 0.2) is 18.2 Å². The minimum Gasteiger partial charge on any atom is -0.378 e. The van der Waals surface area contributed by atoms with Crippen LogP contribution in [0.3, 0.4) is 0 Å². The van der Waals surface area contributed by atoms with Crippen molar-refractivity contribution >= 4 is 5.91 Å². The van der Waals surface area contributed by atoms with Gasteiger partial charge in [0.1, 0.15) is 11.6 Å². The molecule has 1 aliphatic rings. The summed E-state index contributed by atoms with van der Waals surface area (Å²) in [4.78, 5) is 12.1. The molecule has 3 atom stereocenters. The molecule has 1 aromatic carbocycles. The van der Waals surface area contributed by atoms with Crippen molar-refractivity contribution in [3.63, 3.8) is 0 Å². The average Bonchev–Trinajstić information content (AvgIpc) is 2.85. The standard InChI is InChI=1S/C14H18F2N2O2/c1-8(13-9(15)4-3-5-10(13)16)14(19)18-11-6-17-7-12(11)20-2/h3-5,8,11-12,17H,6-7H2,1-2H3,(H,18,19)/t8-,11+,12-/m0/s1. The highest BCUT2D eigenvalue weighted by molar-refractivity contribution is 5.83. The molecule has 1 aliphatic heterocycles. The Morgan fingerprint density at radius 2 is 2.05 bits per heavy atom. The van der Waals surface area contributed by atoms with Crippen molar-refractivity contribution < 1.29 is 18.3 Å². The molecule has 0 bridgehead atoms. The van der Waals surface area contributed by atoms with Crippen LogP contribution in [0.2, 0.25) is 0 Å². The van der Waals surface area contributed by atoms with Gasteiger partial charge in [-0.25, -0.2) is 8.78 Å². The van der Waals surface area contributed by atoms with Crippen molar-refractivity contribution in [2.24, 2.45) is 0 Å². The fourth-order valence-corrected chi connectivity index (χ4v) is 2.41. The Morgan fingerprint density at radius 1 is 1.40 bits per heavy atom. The number of hydrogen-bond donors (Lipinski definition) is 2. The molecular formula is C14H18F2N2O2. The van der Waals surface area contributed by atoms with Crippen LogP contribution in [0.5, 0.6) is 0 Å². The molecule has 4 nitrogen and oxygen atoms in total. The smallest absolute Gasteiger partial charge is 0.227 e. The van der Waals surface area contributed by atoms with E-state index in [1.165, 1.54) is 13.0 Å². The first-order chi connectivity index (χ1) is 9.54. The number of ether oxygens (including phenoxy) is 1. The largest absolute Gasteiger partial charge is 0.378 e. The lowest BCUT2D eigenvalue weighted by molar-refractivity contribution is -0.123. The monoisotopic (exact) mass is 284 g/mol. The van der Waals surface area contributed by atoms with E-state index in [2.05, 4.69) is 10.6 Å². The van der Waals surface area contributed by atoms with Crippen LogP contribution < -0.4 is 10.6 Å². The Labute approximate surface area is 116 Å². The highest BCUT2D eigenvalue weighted by atomic mass is 19.1. The fraction of sp³-hybridized carbons (Fsp3) is 0.500. The quantitative estimate of drug-likeness (QED) is 0.872. The normalized spacial score (nSPS) is 23.6. The molecule has 0 radical (unpaired) electrons. The fourth-order valence-electron chi connectivity index (χ4n) is 2.41. The lowest BCUT2D eigenvalue weighted by Gasteiger charge is -2.21. The number of nitrogens with one attached hydrogen (secondary N) is 2. The topological polar surface area (TPSA) is 50.4 Å². The van der Waals surface area contributed by atoms with Gasteiger partial charge in [0, 0.05) is 25.8 Å². The van der Waals surface area contributed by atoms with Crippen molar-refractivity contribution in [1.29, 1.82) is 0 Å². The van der Waals surface area contributed by atoms with E-state index in [-0.39, 0.29) is 17.7 Å². The molecule has 6 heteroatoms. The Kier molecular flexibility index (Phi) is 4.67. The molecule has 1 saturated heterocycles. The molecule has 0 unspecified atom stereocenters. The van der Waals surface area contributed by atoms with Crippen molar-refractivity contribution in [3.8, 4) is 0 Å². The minimum absolute atomic E-state index is 0.128. The third-order valence-electron chi connectivity index (χ3n) is 3.61.